The highest BCUT2D eigenvalue weighted by Gasteiger charge is 2.24. The van der Waals surface area contributed by atoms with Crippen LogP contribution >= 0.6 is 0 Å². The second-order valence-corrected chi connectivity index (χ2v) is 4.11. The first-order chi connectivity index (χ1) is 8.16. The summed E-state index contributed by atoms with van der Waals surface area (Å²) >= 11 is 0. The van der Waals surface area contributed by atoms with Gasteiger partial charge in [-0.1, -0.05) is 0 Å². The molecule has 1 saturated heterocycles. The molecule has 1 aliphatic rings. The fourth-order valence-corrected chi connectivity index (χ4v) is 1.74. The normalized spacial score (nSPS) is 20.2. The summed E-state index contributed by atoms with van der Waals surface area (Å²) in [6.07, 6.45) is 0. The Balaban J connectivity index is 1.90. The van der Waals surface area contributed by atoms with Crippen molar-refractivity contribution in [2.75, 3.05) is 26.8 Å². The van der Waals surface area contributed by atoms with E-state index >= 15 is 0 Å². The van der Waals surface area contributed by atoms with E-state index in [9.17, 15) is 4.79 Å². The van der Waals surface area contributed by atoms with Crippen molar-refractivity contribution in [2.45, 2.75) is 19.5 Å². The number of nitrogens with zero attached hydrogens (tertiary/aromatic N) is 3. The minimum atomic E-state index is -0.256. The molecule has 0 aromatic carbocycles. The lowest BCUT2D eigenvalue weighted by molar-refractivity contribution is -0.135. The number of rotatable bonds is 3. The van der Waals surface area contributed by atoms with E-state index in [2.05, 4.69) is 20.5 Å². The molecule has 7 heteroatoms. The van der Waals surface area contributed by atoms with Crippen molar-refractivity contribution in [3.8, 4) is 0 Å². The molecule has 1 atom stereocenters. The Hall–Kier alpha value is -1.47. The summed E-state index contributed by atoms with van der Waals surface area (Å²) in [5.74, 6) is 1.38. The van der Waals surface area contributed by atoms with Gasteiger partial charge in [0.2, 0.25) is 5.91 Å². The third kappa shape index (κ3) is 3.01. The number of carbonyl (C=O) groups is 1. The van der Waals surface area contributed by atoms with Crippen LogP contribution < -0.4 is 5.32 Å². The van der Waals surface area contributed by atoms with Gasteiger partial charge in [-0.2, -0.15) is 5.10 Å². The van der Waals surface area contributed by atoms with E-state index in [-0.39, 0.29) is 11.9 Å². The van der Waals surface area contributed by atoms with Crippen LogP contribution in [0, 0.1) is 6.92 Å². The van der Waals surface area contributed by atoms with Gasteiger partial charge in [-0.15, -0.1) is 0 Å². The summed E-state index contributed by atoms with van der Waals surface area (Å²) in [5.41, 5.74) is 0. The Morgan fingerprint density at radius 3 is 3.06 bits per heavy atom. The first kappa shape index (κ1) is 12.0. The average molecular weight is 239 g/mol. The summed E-state index contributed by atoms with van der Waals surface area (Å²) in [7, 11) is 1.74. The van der Waals surface area contributed by atoms with Gasteiger partial charge in [0.15, 0.2) is 5.82 Å². The minimum Gasteiger partial charge on any atom is -0.378 e. The third-order valence-electron chi connectivity index (χ3n) is 2.62. The van der Waals surface area contributed by atoms with Crippen LogP contribution in [0.4, 0.5) is 0 Å². The summed E-state index contributed by atoms with van der Waals surface area (Å²) in [4.78, 5) is 17.8. The number of hydrogen-bond acceptors (Lipinski definition) is 5. The molecule has 2 rings (SSSR count). The summed E-state index contributed by atoms with van der Waals surface area (Å²) in [5, 5.41) is 9.88. The van der Waals surface area contributed by atoms with Gasteiger partial charge < -0.3 is 15.0 Å². The first-order valence-electron chi connectivity index (χ1n) is 5.61. The first-order valence-corrected chi connectivity index (χ1v) is 5.61. The molecule has 1 aromatic rings. The van der Waals surface area contributed by atoms with E-state index in [0.717, 1.165) is 5.82 Å². The molecule has 94 valence electrons. The zero-order valence-electron chi connectivity index (χ0n) is 10.1. The van der Waals surface area contributed by atoms with E-state index in [0.29, 0.717) is 32.1 Å². The Kier molecular flexibility index (Phi) is 3.70. The number of aromatic nitrogens is 3. The molecule has 2 heterocycles. The summed E-state index contributed by atoms with van der Waals surface area (Å²) in [6.45, 7) is 4.03. The fraction of sp³-hybridized carbons (Fsp3) is 0.700. The van der Waals surface area contributed by atoms with Gasteiger partial charge in [0.25, 0.3) is 0 Å². The van der Waals surface area contributed by atoms with Crippen LogP contribution in [0.2, 0.25) is 0 Å². The van der Waals surface area contributed by atoms with Gasteiger partial charge in [-0.05, 0) is 6.92 Å². The summed E-state index contributed by atoms with van der Waals surface area (Å²) in [6, 6.07) is -0.256. The molecule has 1 unspecified atom stereocenters. The second kappa shape index (κ2) is 5.24. The third-order valence-corrected chi connectivity index (χ3v) is 2.62. The minimum absolute atomic E-state index is 0.00662. The zero-order chi connectivity index (χ0) is 12.3. The maximum Gasteiger partial charge on any atom is 0.242 e. The Morgan fingerprint density at radius 2 is 2.47 bits per heavy atom. The van der Waals surface area contributed by atoms with Crippen LogP contribution in [0.15, 0.2) is 0 Å². The van der Waals surface area contributed by atoms with Gasteiger partial charge in [0.05, 0.1) is 19.8 Å². The predicted molar refractivity (Wildman–Crippen MR) is 60.2 cm³/mol. The van der Waals surface area contributed by atoms with Crippen molar-refractivity contribution in [3.63, 3.8) is 0 Å². The fourth-order valence-electron chi connectivity index (χ4n) is 1.74. The standard InChI is InChI=1S/C10H17N5O2/c1-7-12-9(14-13-7)5-15(2)10(16)8-6-17-4-3-11-8/h8,11H,3-6H2,1-2H3,(H,12,13,14). The van der Waals surface area contributed by atoms with E-state index in [1.807, 2.05) is 6.92 Å². The molecule has 0 radical (unpaired) electrons. The van der Waals surface area contributed by atoms with Gasteiger partial charge in [-0.25, -0.2) is 4.98 Å². The van der Waals surface area contributed by atoms with Crippen LogP contribution in [0.3, 0.4) is 0 Å². The van der Waals surface area contributed by atoms with Crippen molar-refractivity contribution in [3.05, 3.63) is 11.6 Å². The van der Waals surface area contributed by atoms with Gasteiger partial charge >= 0.3 is 0 Å². The maximum atomic E-state index is 12.0. The molecule has 17 heavy (non-hydrogen) atoms. The highest BCUT2D eigenvalue weighted by molar-refractivity contribution is 5.81. The van der Waals surface area contributed by atoms with Gasteiger partial charge in [-0.3, -0.25) is 9.89 Å². The van der Waals surface area contributed by atoms with E-state index in [4.69, 9.17) is 4.74 Å². The van der Waals surface area contributed by atoms with Crippen molar-refractivity contribution in [1.82, 2.24) is 25.4 Å². The maximum absolute atomic E-state index is 12.0. The van der Waals surface area contributed by atoms with Crippen molar-refractivity contribution >= 4 is 5.91 Å². The Bertz CT molecular complexity index is 386. The Labute approximate surface area is 99.5 Å². The van der Waals surface area contributed by atoms with Crippen molar-refractivity contribution in [1.29, 1.82) is 0 Å². The number of aryl methyl sites for hydroxylation is 1. The van der Waals surface area contributed by atoms with E-state index < -0.39 is 0 Å². The molecule has 0 spiro atoms. The lowest BCUT2D eigenvalue weighted by Gasteiger charge is -2.26. The van der Waals surface area contributed by atoms with Crippen LogP contribution in [0.1, 0.15) is 11.6 Å². The van der Waals surface area contributed by atoms with Crippen LogP contribution in [-0.4, -0.2) is 58.8 Å². The molecular formula is C10H17N5O2. The largest absolute Gasteiger partial charge is 0.378 e. The van der Waals surface area contributed by atoms with E-state index in [1.165, 1.54) is 0 Å². The monoisotopic (exact) mass is 239 g/mol. The van der Waals surface area contributed by atoms with Crippen LogP contribution in [0.25, 0.3) is 0 Å². The lowest BCUT2D eigenvalue weighted by atomic mass is 10.2. The van der Waals surface area contributed by atoms with Gasteiger partial charge in [0, 0.05) is 13.6 Å². The number of hydrogen-bond donors (Lipinski definition) is 2. The molecule has 1 amide bonds. The highest BCUT2D eigenvalue weighted by atomic mass is 16.5. The Morgan fingerprint density at radius 1 is 1.65 bits per heavy atom. The van der Waals surface area contributed by atoms with Gasteiger partial charge in [0.1, 0.15) is 11.9 Å². The SMILES string of the molecule is Cc1nc(CN(C)C(=O)C2COCCN2)n[nH]1. The number of nitrogens with one attached hydrogen (secondary N) is 2. The van der Waals surface area contributed by atoms with Crippen molar-refractivity contribution in [2.24, 2.45) is 0 Å². The zero-order valence-corrected chi connectivity index (χ0v) is 10.1. The number of ether oxygens (including phenoxy) is 1. The van der Waals surface area contributed by atoms with Crippen LogP contribution in [-0.2, 0) is 16.1 Å². The highest BCUT2D eigenvalue weighted by Crippen LogP contribution is 2.02. The lowest BCUT2D eigenvalue weighted by Crippen LogP contribution is -2.51. The molecule has 0 saturated carbocycles. The number of amides is 1. The number of morpholine rings is 1. The second-order valence-electron chi connectivity index (χ2n) is 4.11. The molecule has 7 nitrogen and oxygen atoms in total. The topological polar surface area (TPSA) is 83.1 Å². The smallest absolute Gasteiger partial charge is 0.242 e. The molecule has 0 aliphatic carbocycles. The number of carbonyl (C=O) groups excluding carboxylic acids is 1. The van der Waals surface area contributed by atoms with Crippen LogP contribution in [0.5, 0.6) is 0 Å². The summed E-state index contributed by atoms with van der Waals surface area (Å²) < 4.78 is 5.26. The molecular weight excluding hydrogens is 222 g/mol. The number of H-pyrrole nitrogens is 1. The molecule has 1 fully saturated rings. The average Bonchev–Trinajstić information content (AvgIpc) is 2.75. The predicted octanol–water partition coefficient (Wildman–Crippen LogP) is -0.940. The molecule has 1 aliphatic heterocycles. The molecule has 0 bridgehead atoms. The molecule has 2 N–H and O–H groups in total. The molecule has 1 aromatic heterocycles. The quantitative estimate of drug-likeness (QED) is 0.711. The van der Waals surface area contributed by atoms with E-state index in [1.54, 1.807) is 11.9 Å². The number of likely N-dealkylation sites (N-methyl/N-ethyl adjacent to an activating group) is 1. The number of aromatic amines is 1. The van der Waals surface area contributed by atoms with Crippen molar-refractivity contribution < 1.29 is 9.53 Å².